The number of aromatic nitrogens is 1. The SMILES string of the molecule is CCCCCCCCCCC[CH2][Na].O=C(O)c1ccncc1.O=S(=O)(O)O. The van der Waals surface area contributed by atoms with Crippen molar-refractivity contribution >= 4 is 44.3 Å². The van der Waals surface area contributed by atoms with E-state index < -0.39 is 16.4 Å². The van der Waals surface area contributed by atoms with Gasteiger partial charge in [-0.2, -0.15) is 8.42 Å². The van der Waals surface area contributed by atoms with Crippen LogP contribution in [0.4, 0.5) is 0 Å². The Hall–Kier alpha value is -0.510. The summed E-state index contributed by atoms with van der Waals surface area (Å²) in [5.74, 6) is -0.919. The Balaban J connectivity index is 0. The number of carboxylic acids is 1. The van der Waals surface area contributed by atoms with Crippen LogP contribution in [0.3, 0.4) is 0 Å². The van der Waals surface area contributed by atoms with E-state index in [0.29, 0.717) is 0 Å². The van der Waals surface area contributed by atoms with Crippen LogP contribution in [-0.4, -0.2) is 61.5 Å². The van der Waals surface area contributed by atoms with Crippen molar-refractivity contribution < 1.29 is 27.4 Å². The van der Waals surface area contributed by atoms with Crippen molar-refractivity contribution in [1.82, 2.24) is 4.98 Å². The summed E-state index contributed by atoms with van der Waals surface area (Å²) >= 11 is 1.41. The third-order valence-electron chi connectivity index (χ3n) is 3.63. The first-order chi connectivity index (χ1) is 12.7. The Bertz CT molecular complexity index is 536. The van der Waals surface area contributed by atoms with Crippen LogP contribution in [0.15, 0.2) is 24.5 Å². The molecule has 0 saturated carbocycles. The van der Waals surface area contributed by atoms with Gasteiger partial charge in [-0.3, -0.25) is 14.1 Å². The molecule has 1 aromatic rings. The molecule has 152 valence electrons. The molecular formula is C18H32NNaO6S. The summed E-state index contributed by atoms with van der Waals surface area (Å²) in [5.41, 5.74) is 0.269. The van der Waals surface area contributed by atoms with Crippen molar-refractivity contribution in [3.8, 4) is 0 Å². The first-order valence-electron chi connectivity index (χ1n) is 9.55. The van der Waals surface area contributed by atoms with Crippen molar-refractivity contribution in [2.75, 3.05) is 0 Å². The number of pyridine rings is 1. The molecule has 0 atom stereocenters. The maximum atomic E-state index is 10.2. The predicted octanol–water partition coefficient (Wildman–Crippen LogP) is 4.62. The zero-order valence-corrected chi connectivity index (χ0v) is 19.3. The second-order valence-corrected chi connectivity index (χ2v) is 8.07. The number of hydrogen-bond donors (Lipinski definition) is 3. The van der Waals surface area contributed by atoms with Gasteiger partial charge in [-0.25, -0.2) is 4.79 Å². The summed E-state index contributed by atoms with van der Waals surface area (Å²) in [6.07, 6.45) is 17.6. The van der Waals surface area contributed by atoms with E-state index >= 15 is 0 Å². The van der Waals surface area contributed by atoms with E-state index in [9.17, 15) is 4.79 Å². The molecule has 0 aromatic carbocycles. The Morgan fingerprint density at radius 3 is 1.59 bits per heavy atom. The van der Waals surface area contributed by atoms with Crippen molar-refractivity contribution in [2.24, 2.45) is 0 Å². The van der Waals surface area contributed by atoms with E-state index in [1.54, 1.807) is 0 Å². The fourth-order valence-electron chi connectivity index (χ4n) is 2.23. The molecule has 0 aliphatic heterocycles. The molecule has 0 aliphatic rings. The number of hydrogen-bond acceptors (Lipinski definition) is 4. The first-order valence-corrected chi connectivity index (χ1v) is 12.4. The van der Waals surface area contributed by atoms with Crippen LogP contribution in [0.25, 0.3) is 0 Å². The molecule has 1 aromatic heterocycles. The second kappa shape index (κ2) is 20.2. The predicted molar refractivity (Wildman–Crippen MR) is 108 cm³/mol. The number of carbonyl (C=O) groups is 1. The minimum absolute atomic E-state index is 0.269. The summed E-state index contributed by atoms with van der Waals surface area (Å²) in [6.45, 7) is 2.29. The third-order valence-corrected chi connectivity index (χ3v) is 4.34. The minimum atomic E-state index is -4.67. The molecule has 0 radical (unpaired) electrons. The molecule has 0 unspecified atom stereocenters. The zero-order chi connectivity index (χ0) is 21.0. The molecule has 27 heavy (non-hydrogen) atoms. The van der Waals surface area contributed by atoms with Gasteiger partial charge in [0.2, 0.25) is 0 Å². The smallest absolute Gasteiger partial charge is 0.394 e. The van der Waals surface area contributed by atoms with Crippen LogP contribution in [0.2, 0.25) is 3.67 Å². The van der Waals surface area contributed by atoms with Crippen LogP contribution in [0.1, 0.15) is 81.5 Å². The number of unbranched alkanes of at least 4 members (excludes halogenated alkanes) is 9. The van der Waals surface area contributed by atoms with Gasteiger partial charge in [0, 0.05) is 12.4 Å². The molecular weight excluding hydrogens is 381 g/mol. The van der Waals surface area contributed by atoms with Gasteiger partial charge in [-0.1, -0.05) is 0 Å². The summed E-state index contributed by atoms with van der Waals surface area (Å²) < 4.78 is 33.1. The van der Waals surface area contributed by atoms with E-state index in [-0.39, 0.29) is 5.56 Å². The minimum Gasteiger partial charge on any atom is -0.478 e. The van der Waals surface area contributed by atoms with Gasteiger partial charge in [0.1, 0.15) is 0 Å². The van der Waals surface area contributed by atoms with Crippen molar-refractivity contribution in [3.05, 3.63) is 30.1 Å². The van der Waals surface area contributed by atoms with Gasteiger partial charge in [0.05, 0.1) is 5.56 Å². The van der Waals surface area contributed by atoms with E-state index in [4.69, 9.17) is 22.6 Å². The van der Waals surface area contributed by atoms with Gasteiger partial charge in [-0.15, -0.1) is 0 Å². The third kappa shape index (κ3) is 30.5. The number of nitrogens with zero attached hydrogens (tertiary/aromatic N) is 1. The Kier molecular flexibility index (Phi) is 21.5. The Morgan fingerprint density at radius 1 is 0.926 bits per heavy atom. The maximum absolute atomic E-state index is 10.2. The maximum Gasteiger partial charge on any atom is 0.394 e. The average Bonchev–Trinajstić information content (AvgIpc) is 2.60. The summed E-state index contributed by atoms with van der Waals surface area (Å²) in [5, 5.41) is 8.36. The summed E-state index contributed by atoms with van der Waals surface area (Å²) in [6, 6.07) is 2.89. The molecule has 0 amide bonds. The molecule has 0 aliphatic carbocycles. The summed E-state index contributed by atoms with van der Waals surface area (Å²) in [4.78, 5) is 13.8. The molecule has 0 saturated heterocycles. The fourth-order valence-corrected chi connectivity index (χ4v) is 2.73. The van der Waals surface area contributed by atoms with Gasteiger partial charge in [-0.05, 0) is 12.1 Å². The number of rotatable bonds is 11. The van der Waals surface area contributed by atoms with Crippen molar-refractivity contribution in [1.29, 1.82) is 0 Å². The molecule has 9 heteroatoms. The molecule has 1 rings (SSSR count). The number of aromatic carboxylic acids is 1. The van der Waals surface area contributed by atoms with E-state index in [1.807, 2.05) is 0 Å². The Morgan fingerprint density at radius 2 is 1.30 bits per heavy atom. The Labute approximate surface area is 181 Å². The normalized spacial score (nSPS) is 10.3. The monoisotopic (exact) mass is 413 g/mol. The van der Waals surface area contributed by atoms with Crippen LogP contribution in [-0.2, 0) is 10.4 Å². The van der Waals surface area contributed by atoms with E-state index in [2.05, 4.69) is 11.9 Å². The zero-order valence-electron chi connectivity index (χ0n) is 16.5. The number of carboxylic acid groups (broad SMARTS) is 1. The largest absolute Gasteiger partial charge is 0.478 e. The molecule has 0 spiro atoms. The summed E-state index contributed by atoms with van der Waals surface area (Å²) in [7, 11) is -4.67. The topological polar surface area (TPSA) is 125 Å². The van der Waals surface area contributed by atoms with E-state index in [1.165, 1.54) is 120 Å². The molecule has 7 nitrogen and oxygen atoms in total. The van der Waals surface area contributed by atoms with E-state index in [0.717, 1.165) is 0 Å². The quantitative estimate of drug-likeness (QED) is 0.274. The van der Waals surface area contributed by atoms with Crippen molar-refractivity contribution in [3.63, 3.8) is 0 Å². The van der Waals surface area contributed by atoms with Gasteiger partial charge >= 0.3 is 119 Å². The molecule has 0 bridgehead atoms. The average molecular weight is 414 g/mol. The van der Waals surface area contributed by atoms with Crippen LogP contribution in [0.5, 0.6) is 0 Å². The molecule has 3 N–H and O–H groups in total. The van der Waals surface area contributed by atoms with Gasteiger partial charge < -0.3 is 5.11 Å². The van der Waals surface area contributed by atoms with Crippen molar-refractivity contribution in [2.45, 2.75) is 74.8 Å². The van der Waals surface area contributed by atoms with Crippen LogP contribution >= 0.6 is 0 Å². The first kappa shape index (κ1) is 28.7. The van der Waals surface area contributed by atoms with Gasteiger partial charge in [0.15, 0.2) is 0 Å². The standard InChI is InChI=1S/C12H25.C6H5NO2.Na.H2O4S/c1-3-5-7-9-11-12-10-8-6-4-2;8-6(9)5-1-3-7-4-2-5;;1-5(2,3)4/h1,3-12H2,2H3;1-4H,(H,8,9);;(H2,1,2,3,4). The molecule has 0 fully saturated rings. The fraction of sp³-hybridized carbons (Fsp3) is 0.667. The second-order valence-electron chi connectivity index (χ2n) is 6.17. The van der Waals surface area contributed by atoms with Crippen LogP contribution in [0, 0.1) is 0 Å². The van der Waals surface area contributed by atoms with Crippen LogP contribution < -0.4 is 0 Å². The molecule has 1 heterocycles. The van der Waals surface area contributed by atoms with Gasteiger partial charge in [0.25, 0.3) is 0 Å².